The molecule has 1 amide bonds. The highest BCUT2D eigenvalue weighted by atomic mass is 79.9. The SMILES string of the molecule is COc1cc2nc(N3C(=O)C(O)=C(C(=O)c4cc5cc(Br)ccc5o4)C3c3cccc(C)c3)[nH]c2cc1OC. The molecule has 10 heteroatoms. The zero-order valence-corrected chi connectivity index (χ0v) is 22.7. The van der Waals surface area contributed by atoms with Crippen molar-refractivity contribution < 1.29 is 28.6 Å². The van der Waals surface area contributed by atoms with Crippen molar-refractivity contribution in [3.8, 4) is 11.5 Å². The molecule has 0 radical (unpaired) electrons. The Morgan fingerprint density at radius 3 is 2.59 bits per heavy atom. The van der Waals surface area contributed by atoms with Crippen molar-refractivity contribution in [2.75, 3.05) is 19.1 Å². The molecule has 0 saturated carbocycles. The number of carbonyl (C=O) groups is 2. The first-order valence-electron chi connectivity index (χ1n) is 12.0. The average molecular weight is 588 g/mol. The van der Waals surface area contributed by atoms with E-state index < -0.39 is 23.5 Å². The van der Waals surface area contributed by atoms with Crippen molar-refractivity contribution in [3.63, 3.8) is 0 Å². The number of aryl methyl sites for hydroxylation is 1. The van der Waals surface area contributed by atoms with Crippen LogP contribution in [-0.4, -0.2) is 41.0 Å². The fourth-order valence-electron chi connectivity index (χ4n) is 4.91. The molecule has 2 aromatic heterocycles. The summed E-state index contributed by atoms with van der Waals surface area (Å²) in [4.78, 5) is 36.5. The van der Waals surface area contributed by atoms with Crippen LogP contribution in [0.15, 0.2) is 80.9 Å². The third-order valence-electron chi connectivity index (χ3n) is 6.72. The highest BCUT2D eigenvalue weighted by Gasteiger charge is 2.46. The molecule has 2 N–H and O–H groups in total. The van der Waals surface area contributed by atoms with Crippen LogP contribution in [0.2, 0.25) is 0 Å². The standard InChI is InChI=1S/C29H22BrN3O6/c1-14-5-4-6-15(9-14)25-24(26(34)23-11-16-10-17(30)7-8-20(16)39-23)27(35)28(36)33(25)29-31-18-12-21(37-2)22(38-3)13-19(18)32-29/h4-13,25,35H,1-3H3,(H,31,32). The number of fused-ring (bicyclic) bond motifs is 2. The van der Waals surface area contributed by atoms with Crippen molar-refractivity contribution in [1.82, 2.24) is 9.97 Å². The molecule has 196 valence electrons. The van der Waals surface area contributed by atoms with Gasteiger partial charge in [-0.2, -0.15) is 0 Å². The number of rotatable bonds is 6. The normalized spacial score (nSPS) is 15.5. The molecular formula is C29H22BrN3O6. The number of carbonyl (C=O) groups excluding carboxylic acids is 2. The Kier molecular flexibility index (Phi) is 5.91. The molecule has 0 saturated heterocycles. The molecule has 6 rings (SSSR count). The van der Waals surface area contributed by atoms with Gasteiger partial charge in [-0.3, -0.25) is 14.5 Å². The van der Waals surface area contributed by atoms with Gasteiger partial charge in [0.15, 0.2) is 23.0 Å². The molecule has 1 aliphatic rings. The maximum atomic E-state index is 13.9. The maximum Gasteiger partial charge on any atom is 0.296 e. The van der Waals surface area contributed by atoms with Crippen LogP contribution < -0.4 is 14.4 Å². The van der Waals surface area contributed by atoms with E-state index in [2.05, 4.69) is 25.9 Å². The summed E-state index contributed by atoms with van der Waals surface area (Å²) in [6.45, 7) is 1.91. The zero-order chi connectivity index (χ0) is 27.4. The lowest BCUT2D eigenvalue weighted by Crippen LogP contribution is -2.32. The van der Waals surface area contributed by atoms with Crippen LogP contribution in [0.1, 0.15) is 27.7 Å². The van der Waals surface area contributed by atoms with Gasteiger partial charge in [-0.25, -0.2) is 4.98 Å². The lowest BCUT2D eigenvalue weighted by Gasteiger charge is -2.24. The summed E-state index contributed by atoms with van der Waals surface area (Å²) in [6, 6.07) is 16.8. The second-order valence-corrected chi connectivity index (χ2v) is 10.1. The van der Waals surface area contributed by atoms with Crippen molar-refractivity contribution in [3.05, 3.63) is 93.4 Å². The van der Waals surface area contributed by atoms with E-state index in [0.717, 1.165) is 10.0 Å². The Bertz CT molecular complexity index is 1790. The fraction of sp³-hybridized carbons (Fsp3) is 0.138. The summed E-state index contributed by atoms with van der Waals surface area (Å²) in [7, 11) is 3.04. The number of anilines is 1. The van der Waals surface area contributed by atoms with Gasteiger partial charge in [-0.05, 0) is 36.8 Å². The number of H-pyrrole nitrogens is 1. The zero-order valence-electron chi connectivity index (χ0n) is 21.1. The van der Waals surface area contributed by atoms with Crippen molar-refractivity contribution in [2.24, 2.45) is 0 Å². The van der Waals surface area contributed by atoms with E-state index in [0.29, 0.717) is 39.1 Å². The molecule has 1 aliphatic heterocycles. The van der Waals surface area contributed by atoms with E-state index in [4.69, 9.17) is 13.9 Å². The predicted octanol–water partition coefficient (Wildman–Crippen LogP) is 6.18. The minimum absolute atomic E-state index is 0.0102. The monoisotopic (exact) mass is 587 g/mol. The first-order chi connectivity index (χ1) is 18.8. The summed E-state index contributed by atoms with van der Waals surface area (Å²) in [6.07, 6.45) is 0. The molecule has 3 heterocycles. The lowest BCUT2D eigenvalue weighted by atomic mass is 9.94. The summed E-state index contributed by atoms with van der Waals surface area (Å²) in [5.74, 6) is -0.904. The van der Waals surface area contributed by atoms with Crippen LogP contribution in [0, 0.1) is 6.92 Å². The summed E-state index contributed by atoms with van der Waals surface area (Å²) < 4.78 is 17.4. The fourth-order valence-corrected chi connectivity index (χ4v) is 5.29. The number of aromatic nitrogens is 2. The summed E-state index contributed by atoms with van der Waals surface area (Å²) in [5, 5.41) is 11.8. The molecule has 0 aliphatic carbocycles. The minimum atomic E-state index is -0.964. The largest absolute Gasteiger partial charge is 0.503 e. The summed E-state index contributed by atoms with van der Waals surface area (Å²) in [5.41, 5.74) is 3.06. The number of aliphatic hydroxyl groups is 1. The number of Topliss-reactive ketones (excluding diaryl/α,β-unsaturated/α-hetero) is 1. The Labute approximate surface area is 230 Å². The molecule has 1 atom stereocenters. The number of furan rings is 1. The minimum Gasteiger partial charge on any atom is -0.503 e. The van der Waals surface area contributed by atoms with E-state index in [9.17, 15) is 14.7 Å². The molecule has 1 unspecified atom stereocenters. The number of aliphatic hydroxyl groups excluding tert-OH is 1. The van der Waals surface area contributed by atoms with Crippen LogP contribution in [-0.2, 0) is 4.79 Å². The molecule has 5 aromatic rings. The number of aromatic amines is 1. The molecule has 0 fully saturated rings. The van der Waals surface area contributed by atoms with E-state index >= 15 is 0 Å². The molecule has 9 nitrogen and oxygen atoms in total. The van der Waals surface area contributed by atoms with Crippen molar-refractivity contribution >= 4 is 55.6 Å². The number of hydrogen-bond donors (Lipinski definition) is 2. The molecule has 3 aromatic carbocycles. The van der Waals surface area contributed by atoms with Gasteiger partial charge in [-0.15, -0.1) is 0 Å². The van der Waals surface area contributed by atoms with Gasteiger partial charge in [0.2, 0.25) is 11.7 Å². The first kappa shape index (κ1) is 24.7. The van der Waals surface area contributed by atoms with E-state index in [1.165, 1.54) is 19.1 Å². The lowest BCUT2D eigenvalue weighted by molar-refractivity contribution is -0.117. The average Bonchev–Trinajstić information content (AvgIpc) is 3.60. The Hall–Kier alpha value is -4.57. The Morgan fingerprint density at radius 1 is 1.08 bits per heavy atom. The number of benzene rings is 3. The first-order valence-corrected chi connectivity index (χ1v) is 12.8. The number of imidazole rings is 1. The number of ketones is 1. The van der Waals surface area contributed by atoms with Crippen LogP contribution >= 0.6 is 15.9 Å². The second-order valence-electron chi connectivity index (χ2n) is 9.16. The Balaban J connectivity index is 1.50. The Morgan fingerprint density at radius 2 is 1.85 bits per heavy atom. The van der Waals surface area contributed by atoms with Gasteiger partial charge in [0.05, 0.1) is 36.9 Å². The number of nitrogens with one attached hydrogen (secondary N) is 1. The van der Waals surface area contributed by atoms with Gasteiger partial charge in [0, 0.05) is 22.0 Å². The highest BCUT2D eigenvalue weighted by Crippen LogP contribution is 2.43. The van der Waals surface area contributed by atoms with Crippen molar-refractivity contribution in [2.45, 2.75) is 13.0 Å². The number of nitrogens with zero attached hydrogens (tertiary/aromatic N) is 2. The molecular weight excluding hydrogens is 566 g/mol. The number of ether oxygens (including phenoxy) is 2. The number of hydrogen-bond acceptors (Lipinski definition) is 7. The van der Waals surface area contributed by atoms with Gasteiger partial charge >= 0.3 is 0 Å². The van der Waals surface area contributed by atoms with Crippen LogP contribution in [0.5, 0.6) is 11.5 Å². The van der Waals surface area contributed by atoms with Gasteiger partial charge < -0.3 is 24.0 Å². The third-order valence-corrected chi connectivity index (χ3v) is 7.21. The van der Waals surface area contributed by atoms with Crippen LogP contribution in [0.3, 0.4) is 0 Å². The smallest absolute Gasteiger partial charge is 0.296 e. The highest BCUT2D eigenvalue weighted by molar-refractivity contribution is 9.10. The third kappa shape index (κ3) is 4.04. The number of halogens is 1. The number of methoxy groups -OCH3 is 2. The summed E-state index contributed by atoms with van der Waals surface area (Å²) >= 11 is 3.42. The topological polar surface area (TPSA) is 118 Å². The van der Waals surface area contributed by atoms with E-state index in [1.807, 2.05) is 31.2 Å². The second kappa shape index (κ2) is 9.32. The van der Waals surface area contributed by atoms with Gasteiger partial charge in [-0.1, -0.05) is 45.8 Å². The molecule has 0 bridgehead atoms. The van der Waals surface area contributed by atoms with Crippen LogP contribution in [0.25, 0.3) is 22.0 Å². The quantitative estimate of drug-likeness (QED) is 0.228. The predicted molar refractivity (Wildman–Crippen MR) is 149 cm³/mol. The van der Waals surface area contributed by atoms with Gasteiger partial charge in [0.1, 0.15) is 5.58 Å². The maximum absolute atomic E-state index is 13.9. The van der Waals surface area contributed by atoms with E-state index in [1.54, 1.807) is 36.4 Å². The number of amides is 1. The van der Waals surface area contributed by atoms with Crippen LogP contribution in [0.4, 0.5) is 5.95 Å². The van der Waals surface area contributed by atoms with E-state index in [-0.39, 0.29) is 17.3 Å². The molecule has 0 spiro atoms. The molecule has 39 heavy (non-hydrogen) atoms. The van der Waals surface area contributed by atoms with Crippen molar-refractivity contribution in [1.29, 1.82) is 0 Å². The van der Waals surface area contributed by atoms with Gasteiger partial charge in [0.25, 0.3) is 5.91 Å².